The quantitative estimate of drug-likeness (QED) is 0.722. The lowest BCUT2D eigenvalue weighted by atomic mass is 10.3. The molecular formula is C6H6F3N3O. The molecular weight excluding hydrogens is 187 g/mol. The van der Waals surface area contributed by atoms with Crippen LogP contribution in [0.15, 0.2) is 6.07 Å². The zero-order valence-electron chi connectivity index (χ0n) is 6.35. The molecule has 1 rings (SSSR count). The average molecular weight is 193 g/mol. The van der Waals surface area contributed by atoms with E-state index in [1.807, 2.05) is 0 Å². The van der Waals surface area contributed by atoms with Crippen LogP contribution in [0, 0.1) is 0 Å². The van der Waals surface area contributed by atoms with Crippen molar-refractivity contribution in [3.8, 4) is 0 Å². The van der Waals surface area contributed by atoms with E-state index in [4.69, 9.17) is 5.73 Å². The minimum absolute atomic E-state index is 0.126. The van der Waals surface area contributed by atoms with Gasteiger partial charge in [-0.25, -0.2) is 0 Å². The number of aromatic amines is 1. The molecule has 0 saturated carbocycles. The Bertz CT molecular complexity index is 317. The van der Waals surface area contributed by atoms with E-state index in [2.05, 4.69) is 10.2 Å². The number of H-pyrrole nitrogens is 1. The molecule has 0 aliphatic carbocycles. The lowest BCUT2D eigenvalue weighted by Gasteiger charge is -2.01. The first-order valence-corrected chi connectivity index (χ1v) is 3.29. The van der Waals surface area contributed by atoms with Gasteiger partial charge in [-0.05, 0) is 6.07 Å². The number of carbonyl (C=O) groups excluding carboxylic acids is 1. The highest BCUT2D eigenvalue weighted by Gasteiger charge is 2.29. The monoisotopic (exact) mass is 193 g/mol. The lowest BCUT2D eigenvalue weighted by Crippen LogP contribution is -2.12. The number of hydrogen-bond donors (Lipinski definition) is 2. The predicted molar refractivity (Wildman–Crippen MR) is 36.9 cm³/mol. The standard InChI is InChI=1S/C6H6F3N3O/c7-6(8,9)2-3-1-4(5(10)13)12-11-3/h1H,2H2,(H2,10,13)(H,11,12). The largest absolute Gasteiger partial charge is 0.394 e. The van der Waals surface area contributed by atoms with E-state index in [-0.39, 0.29) is 11.4 Å². The first-order valence-electron chi connectivity index (χ1n) is 3.29. The van der Waals surface area contributed by atoms with Gasteiger partial charge in [0.05, 0.1) is 12.1 Å². The van der Waals surface area contributed by atoms with Gasteiger partial charge < -0.3 is 5.73 Å². The highest BCUT2D eigenvalue weighted by atomic mass is 19.4. The second-order valence-corrected chi connectivity index (χ2v) is 2.43. The number of carbonyl (C=O) groups is 1. The molecule has 0 bridgehead atoms. The third-order valence-corrected chi connectivity index (χ3v) is 1.28. The van der Waals surface area contributed by atoms with Crippen molar-refractivity contribution in [2.24, 2.45) is 5.73 Å². The Morgan fingerprint density at radius 2 is 2.23 bits per heavy atom. The summed E-state index contributed by atoms with van der Waals surface area (Å²) in [6.07, 6.45) is -5.50. The number of hydrogen-bond acceptors (Lipinski definition) is 2. The minimum atomic E-state index is -4.33. The smallest absolute Gasteiger partial charge is 0.364 e. The van der Waals surface area contributed by atoms with Gasteiger partial charge in [-0.3, -0.25) is 9.89 Å². The van der Waals surface area contributed by atoms with Crippen molar-refractivity contribution < 1.29 is 18.0 Å². The molecule has 0 unspecified atom stereocenters. The zero-order valence-corrected chi connectivity index (χ0v) is 6.35. The Morgan fingerprint density at radius 1 is 1.62 bits per heavy atom. The van der Waals surface area contributed by atoms with E-state index >= 15 is 0 Å². The fourth-order valence-electron chi connectivity index (χ4n) is 0.785. The Kier molecular flexibility index (Phi) is 2.26. The van der Waals surface area contributed by atoms with Crippen molar-refractivity contribution in [3.05, 3.63) is 17.5 Å². The summed E-state index contributed by atoms with van der Waals surface area (Å²) in [5, 5.41) is 5.38. The number of alkyl halides is 3. The second kappa shape index (κ2) is 3.08. The average Bonchev–Trinajstić information content (AvgIpc) is 2.31. The van der Waals surface area contributed by atoms with Crippen molar-refractivity contribution in [2.45, 2.75) is 12.6 Å². The van der Waals surface area contributed by atoms with E-state index in [1.54, 1.807) is 0 Å². The molecule has 7 heteroatoms. The molecule has 72 valence electrons. The second-order valence-electron chi connectivity index (χ2n) is 2.43. The van der Waals surface area contributed by atoms with Crippen LogP contribution < -0.4 is 5.73 Å². The van der Waals surface area contributed by atoms with Crippen molar-refractivity contribution in [3.63, 3.8) is 0 Å². The summed E-state index contributed by atoms with van der Waals surface area (Å²) >= 11 is 0. The normalized spacial score (nSPS) is 11.6. The van der Waals surface area contributed by atoms with E-state index in [1.165, 1.54) is 0 Å². The molecule has 4 nitrogen and oxygen atoms in total. The maximum Gasteiger partial charge on any atom is 0.394 e. The van der Waals surface area contributed by atoms with Gasteiger partial charge in [-0.15, -0.1) is 0 Å². The molecule has 3 N–H and O–H groups in total. The molecule has 1 aromatic rings. The fraction of sp³-hybridized carbons (Fsp3) is 0.333. The number of nitrogens with zero attached hydrogens (tertiary/aromatic N) is 1. The first kappa shape index (κ1) is 9.56. The summed E-state index contributed by atoms with van der Waals surface area (Å²) in [6.45, 7) is 0. The van der Waals surface area contributed by atoms with Gasteiger partial charge in [0.1, 0.15) is 5.69 Å². The third-order valence-electron chi connectivity index (χ3n) is 1.28. The van der Waals surface area contributed by atoms with Crippen molar-refractivity contribution in [2.75, 3.05) is 0 Å². The fourth-order valence-corrected chi connectivity index (χ4v) is 0.785. The van der Waals surface area contributed by atoms with Crippen LogP contribution in [-0.4, -0.2) is 22.3 Å². The summed E-state index contributed by atoms with van der Waals surface area (Å²) in [6, 6.07) is 0.982. The third kappa shape index (κ3) is 2.77. The summed E-state index contributed by atoms with van der Waals surface area (Å²) in [7, 11) is 0. The van der Waals surface area contributed by atoms with Crippen LogP contribution in [0.25, 0.3) is 0 Å². The summed E-state index contributed by atoms with van der Waals surface area (Å²) < 4.78 is 35.3. The predicted octanol–water partition coefficient (Wildman–Crippen LogP) is 0.613. The maximum atomic E-state index is 11.8. The van der Waals surface area contributed by atoms with E-state index in [9.17, 15) is 18.0 Å². The van der Waals surface area contributed by atoms with E-state index in [0.717, 1.165) is 6.07 Å². The minimum Gasteiger partial charge on any atom is -0.364 e. The Balaban J connectivity index is 2.75. The Hall–Kier alpha value is -1.53. The van der Waals surface area contributed by atoms with Gasteiger partial charge in [0, 0.05) is 0 Å². The summed E-state index contributed by atoms with van der Waals surface area (Å²) in [5.74, 6) is -0.832. The molecule has 0 saturated heterocycles. The van der Waals surface area contributed by atoms with Crippen LogP contribution in [0.3, 0.4) is 0 Å². The van der Waals surface area contributed by atoms with E-state index < -0.39 is 18.5 Å². The van der Waals surface area contributed by atoms with Crippen molar-refractivity contribution in [1.82, 2.24) is 10.2 Å². The number of amides is 1. The van der Waals surface area contributed by atoms with Crippen LogP contribution in [0.5, 0.6) is 0 Å². The molecule has 13 heavy (non-hydrogen) atoms. The van der Waals surface area contributed by atoms with E-state index in [0.29, 0.717) is 0 Å². The molecule has 0 aliphatic rings. The Labute approximate surface area is 70.9 Å². The van der Waals surface area contributed by atoms with Crippen LogP contribution in [0.1, 0.15) is 16.2 Å². The number of nitrogens with one attached hydrogen (secondary N) is 1. The van der Waals surface area contributed by atoms with Crippen molar-refractivity contribution >= 4 is 5.91 Å². The maximum absolute atomic E-state index is 11.8. The highest BCUT2D eigenvalue weighted by Crippen LogP contribution is 2.20. The van der Waals surface area contributed by atoms with Crippen LogP contribution in [0.4, 0.5) is 13.2 Å². The van der Waals surface area contributed by atoms with Crippen molar-refractivity contribution in [1.29, 1.82) is 0 Å². The van der Waals surface area contributed by atoms with Crippen LogP contribution in [-0.2, 0) is 6.42 Å². The van der Waals surface area contributed by atoms with Crippen LogP contribution >= 0.6 is 0 Å². The first-order chi connectivity index (χ1) is 5.88. The molecule has 0 aliphatic heterocycles. The summed E-state index contributed by atoms with van der Waals surface area (Å²) in [5.41, 5.74) is 4.42. The number of primary amides is 1. The molecule has 0 aromatic carbocycles. The molecule has 0 atom stereocenters. The number of rotatable bonds is 2. The molecule has 0 spiro atoms. The van der Waals surface area contributed by atoms with Gasteiger partial charge >= 0.3 is 6.18 Å². The zero-order chi connectivity index (χ0) is 10.1. The van der Waals surface area contributed by atoms with Gasteiger partial charge in [0.25, 0.3) is 5.91 Å². The number of halogens is 3. The molecule has 1 heterocycles. The SMILES string of the molecule is NC(=O)c1cc(CC(F)(F)F)n[nH]1. The Morgan fingerprint density at radius 3 is 2.62 bits per heavy atom. The molecule has 0 radical (unpaired) electrons. The molecule has 1 aromatic heterocycles. The van der Waals surface area contributed by atoms with Gasteiger partial charge in [-0.1, -0.05) is 0 Å². The van der Waals surface area contributed by atoms with Gasteiger partial charge in [0.15, 0.2) is 0 Å². The number of nitrogens with two attached hydrogens (primary N) is 1. The molecule has 0 fully saturated rings. The van der Waals surface area contributed by atoms with Crippen LogP contribution in [0.2, 0.25) is 0 Å². The number of aromatic nitrogens is 2. The van der Waals surface area contributed by atoms with Gasteiger partial charge in [-0.2, -0.15) is 18.3 Å². The van der Waals surface area contributed by atoms with Gasteiger partial charge in [0.2, 0.25) is 0 Å². The highest BCUT2D eigenvalue weighted by molar-refractivity contribution is 5.90. The lowest BCUT2D eigenvalue weighted by molar-refractivity contribution is -0.127. The molecule has 1 amide bonds. The topological polar surface area (TPSA) is 71.8 Å². The summed E-state index contributed by atoms with van der Waals surface area (Å²) in [4.78, 5) is 10.4.